The molecule has 1 aromatic carbocycles. The Morgan fingerprint density at radius 3 is 2.62 bits per heavy atom. The van der Waals surface area contributed by atoms with E-state index in [0.717, 1.165) is 17.7 Å². The van der Waals surface area contributed by atoms with E-state index >= 15 is 0 Å². The summed E-state index contributed by atoms with van der Waals surface area (Å²) in [5.74, 6) is -0.901. The van der Waals surface area contributed by atoms with Gasteiger partial charge in [0.05, 0.1) is 25.5 Å². The minimum absolute atomic E-state index is 0.134. The first-order valence-corrected chi connectivity index (χ1v) is 10.3. The summed E-state index contributed by atoms with van der Waals surface area (Å²) in [6.07, 6.45) is 0.636. The zero-order valence-corrected chi connectivity index (χ0v) is 15.3. The van der Waals surface area contributed by atoms with Gasteiger partial charge in [-0.2, -0.15) is 4.31 Å². The number of nitrogens with one attached hydrogen (secondary N) is 1. The lowest BCUT2D eigenvalue weighted by Gasteiger charge is -2.25. The van der Waals surface area contributed by atoms with Crippen LogP contribution in [0.2, 0.25) is 0 Å². The summed E-state index contributed by atoms with van der Waals surface area (Å²) in [6, 6.07) is 7.68. The van der Waals surface area contributed by atoms with Crippen molar-refractivity contribution in [2.75, 3.05) is 50.0 Å². The van der Waals surface area contributed by atoms with Crippen molar-refractivity contribution in [2.24, 2.45) is 0 Å². The van der Waals surface area contributed by atoms with Gasteiger partial charge in [-0.15, -0.1) is 0 Å². The molecule has 0 aliphatic carbocycles. The Balaban J connectivity index is 1.45. The van der Waals surface area contributed by atoms with Crippen LogP contribution in [-0.4, -0.2) is 69.7 Å². The lowest BCUT2D eigenvalue weighted by Crippen LogP contribution is -2.43. The number of morpholine rings is 1. The molecular formula is C17H23N3O5S. The number of rotatable bonds is 6. The number of benzene rings is 1. The Labute approximate surface area is 153 Å². The number of carbonyl (C=O) groups is 2. The molecule has 142 valence electrons. The summed E-state index contributed by atoms with van der Waals surface area (Å²) in [4.78, 5) is 25.9. The summed E-state index contributed by atoms with van der Waals surface area (Å²) in [5, 5.41) is 2.53. The number of nitrogens with zero attached hydrogens (tertiary/aromatic N) is 2. The summed E-state index contributed by atoms with van der Waals surface area (Å²) < 4.78 is 30.9. The minimum Gasteiger partial charge on any atom is -0.379 e. The van der Waals surface area contributed by atoms with Crippen molar-refractivity contribution < 1.29 is 22.7 Å². The van der Waals surface area contributed by atoms with Gasteiger partial charge in [0.1, 0.15) is 0 Å². The average molecular weight is 381 g/mol. The third-order valence-corrected chi connectivity index (χ3v) is 6.45. The predicted octanol–water partition coefficient (Wildman–Crippen LogP) is -0.256. The van der Waals surface area contributed by atoms with Crippen molar-refractivity contribution in [2.45, 2.75) is 12.8 Å². The maximum Gasteiger partial charge on any atom is 0.246 e. The van der Waals surface area contributed by atoms with Crippen LogP contribution in [0.15, 0.2) is 24.3 Å². The van der Waals surface area contributed by atoms with Crippen LogP contribution < -0.4 is 10.2 Å². The van der Waals surface area contributed by atoms with Crippen LogP contribution in [0, 0.1) is 0 Å². The third kappa shape index (κ3) is 4.40. The van der Waals surface area contributed by atoms with Gasteiger partial charge in [-0.25, -0.2) is 8.42 Å². The van der Waals surface area contributed by atoms with Crippen molar-refractivity contribution in [3.63, 3.8) is 0 Å². The maximum atomic E-state index is 12.3. The van der Waals surface area contributed by atoms with Gasteiger partial charge < -0.3 is 15.0 Å². The molecule has 2 amide bonds. The molecule has 0 radical (unpaired) electrons. The van der Waals surface area contributed by atoms with Gasteiger partial charge in [0.25, 0.3) is 0 Å². The normalized spacial score (nSPS) is 17.8. The highest BCUT2D eigenvalue weighted by atomic mass is 32.2. The SMILES string of the molecule is O=C(CCS(=O)(=O)N1CCOCC1)NCC(=O)N1CCc2ccccc21. The van der Waals surface area contributed by atoms with E-state index in [2.05, 4.69) is 5.32 Å². The molecule has 0 bridgehead atoms. The Morgan fingerprint density at radius 1 is 1.12 bits per heavy atom. The van der Waals surface area contributed by atoms with Crippen LogP contribution in [0.3, 0.4) is 0 Å². The van der Waals surface area contributed by atoms with Crippen LogP contribution in [0.25, 0.3) is 0 Å². The second-order valence-corrected chi connectivity index (χ2v) is 8.37. The molecule has 1 fully saturated rings. The van der Waals surface area contributed by atoms with Gasteiger partial charge >= 0.3 is 0 Å². The third-order valence-electron chi connectivity index (χ3n) is 4.58. The van der Waals surface area contributed by atoms with Crippen molar-refractivity contribution in [1.29, 1.82) is 0 Å². The first-order valence-electron chi connectivity index (χ1n) is 8.68. The van der Waals surface area contributed by atoms with Gasteiger partial charge in [0.2, 0.25) is 21.8 Å². The molecule has 1 aromatic rings. The highest BCUT2D eigenvalue weighted by Crippen LogP contribution is 2.27. The number of para-hydroxylation sites is 1. The van der Waals surface area contributed by atoms with Gasteiger partial charge in [0.15, 0.2) is 0 Å². The molecule has 26 heavy (non-hydrogen) atoms. The fourth-order valence-corrected chi connectivity index (χ4v) is 4.54. The largest absolute Gasteiger partial charge is 0.379 e. The van der Waals surface area contributed by atoms with Gasteiger partial charge in [-0.05, 0) is 18.1 Å². The van der Waals surface area contributed by atoms with Crippen LogP contribution >= 0.6 is 0 Å². The molecular weight excluding hydrogens is 358 g/mol. The summed E-state index contributed by atoms with van der Waals surface area (Å²) in [7, 11) is -3.48. The number of hydrogen-bond donors (Lipinski definition) is 1. The highest BCUT2D eigenvalue weighted by Gasteiger charge is 2.26. The second kappa shape index (κ2) is 8.15. The van der Waals surface area contributed by atoms with E-state index in [9.17, 15) is 18.0 Å². The number of fused-ring (bicyclic) bond motifs is 1. The highest BCUT2D eigenvalue weighted by molar-refractivity contribution is 7.89. The van der Waals surface area contributed by atoms with E-state index in [-0.39, 0.29) is 24.6 Å². The molecule has 1 N–H and O–H groups in total. The topological polar surface area (TPSA) is 96.0 Å². The molecule has 2 aliphatic rings. The number of amides is 2. The molecule has 2 heterocycles. The molecule has 1 saturated heterocycles. The van der Waals surface area contributed by atoms with Gasteiger partial charge in [0, 0.05) is 31.7 Å². The smallest absolute Gasteiger partial charge is 0.246 e. The molecule has 0 saturated carbocycles. The van der Waals surface area contributed by atoms with Crippen molar-refractivity contribution >= 4 is 27.5 Å². The van der Waals surface area contributed by atoms with Crippen LogP contribution in [0.5, 0.6) is 0 Å². The van der Waals surface area contributed by atoms with E-state index in [1.807, 2.05) is 24.3 Å². The van der Waals surface area contributed by atoms with Crippen molar-refractivity contribution in [1.82, 2.24) is 9.62 Å². The molecule has 0 unspecified atom stereocenters. The van der Waals surface area contributed by atoms with E-state index < -0.39 is 15.9 Å². The van der Waals surface area contributed by atoms with Crippen molar-refractivity contribution in [3.8, 4) is 0 Å². The molecule has 0 atom stereocenters. The van der Waals surface area contributed by atoms with Crippen LogP contribution in [-0.2, 0) is 30.8 Å². The number of sulfonamides is 1. The number of anilines is 1. The molecule has 0 aromatic heterocycles. The Kier molecular flexibility index (Phi) is 5.90. The quantitative estimate of drug-likeness (QED) is 0.733. The van der Waals surface area contributed by atoms with Gasteiger partial charge in [-0.1, -0.05) is 18.2 Å². The maximum absolute atomic E-state index is 12.3. The Bertz CT molecular complexity index is 774. The number of ether oxygens (including phenoxy) is 1. The minimum atomic E-state index is -3.48. The predicted molar refractivity (Wildman–Crippen MR) is 96.3 cm³/mol. The van der Waals surface area contributed by atoms with E-state index in [0.29, 0.717) is 32.8 Å². The molecule has 3 rings (SSSR count). The summed E-state index contributed by atoms with van der Waals surface area (Å²) in [5.41, 5.74) is 1.99. The molecule has 9 heteroatoms. The first kappa shape index (κ1) is 18.8. The fourth-order valence-electron chi connectivity index (χ4n) is 3.13. The average Bonchev–Trinajstić information content (AvgIpc) is 3.09. The fraction of sp³-hybridized carbons (Fsp3) is 0.529. The number of carbonyl (C=O) groups excluding carboxylic acids is 2. The molecule has 2 aliphatic heterocycles. The van der Waals surface area contributed by atoms with Gasteiger partial charge in [-0.3, -0.25) is 9.59 Å². The summed E-state index contributed by atoms with van der Waals surface area (Å²) >= 11 is 0. The zero-order valence-electron chi connectivity index (χ0n) is 14.5. The Hall–Kier alpha value is -1.97. The summed E-state index contributed by atoms with van der Waals surface area (Å²) in [6.45, 7) is 1.84. The number of hydrogen-bond acceptors (Lipinski definition) is 5. The zero-order chi connectivity index (χ0) is 18.6. The lowest BCUT2D eigenvalue weighted by molar-refractivity contribution is -0.124. The van der Waals surface area contributed by atoms with Crippen molar-refractivity contribution in [3.05, 3.63) is 29.8 Å². The van der Waals surface area contributed by atoms with E-state index in [1.165, 1.54) is 4.31 Å². The van der Waals surface area contributed by atoms with E-state index in [1.54, 1.807) is 4.90 Å². The first-order chi connectivity index (χ1) is 12.5. The second-order valence-electron chi connectivity index (χ2n) is 6.28. The molecule has 0 spiro atoms. The van der Waals surface area contributed by atoms with Crippen LogP contribution in [0.4, 0.5) is 5.69 Å². The van der Waals surface area contributed by atoms with Crippen LogP contribution in [0.1, 0.15) is 12.0 Å². The Morgan fingerprint density at radius 2 is 1.85 bits per heavy atom. The molecule has 8 nitrogen and oxygen atoms in total. The standard InChI is InChI=1S/C17H23N3O5S/c21-16(6-12-26(23,24)19-8-10-25-11-9-19)18-13-17(22)20-7-5-14-3-1-2-4-15(14)20/h1-4H,5-13H2,(H,18,21). The monoisotopic (exact) mass is 381 g/mol. The van der Waals surface area contributed by atoms with E-state index in [4.69, 9.17) is 4.74 Å². The lowest BCUT2D eigenvalue weighted by atomic mass is 10.2.